The lowest BCUT2D eigenvalue weighted by molar-refractivity contribution is -0.202. The standard InChI is InChI=1S/C29H35F2N6O8P/c1-6-41-23-21-22(34-27(32)35-23)37(15-33-21)26-28(5,30)25(39)29(31,44-26)14-42-46(40,36-17(4)24(38)43-16(2)3)45-20-13-9-11-18-10-7-8-12-19(18)20/h7-13,15-17,25-26,39H,6,14H2,1-5H3,(H,36,40)(H2,32,34,35)/t17?,25?,26-,28-,29-,46?/m1/s1. The number of aromatic nitrogens is 4. The van der Waals surface area contributed by atoms with Gasteiger partial charge in [0.2, 0.25) is 11.8 Å². The number of nitrogens with zero attached hydrogens (tertiary/aromatic N) is 4. The number of esters is 1. The van der Waals surface area contributed by atoms with Crippen LogP contribution in [0.3, 0.4) is 0 Å². The maximum absolute atomic E-state index is 16.5. The Kier molecular flexibility index (Phi) is 9.21. The highest BCUT2D eigenvalue weighted by molar-refractivity contribution is 7.52. The Hall–Kier alpha value is -3.95. The summed E-state index contributed by atoms with van der Waals surface area (Å²) in [5.41, 5.74) is 3.04. The number of hydrogen-bond donors (Lipinski definition) is 3. The van der Waals surface area contributed by atoms with Crippen LogP contribution in [0.2, 0.25) is 0 Å². The molecule has 0 bridgehead atoms. The van der Waals surface area contributed by atoms with Crippen molar-refractivity contribution < 1.29 is 46.5 Å². The summed E-state index contributed by atoms with van der Waals surface area (Å²) in [4.78, 5) is 24.8. The minimum atomic E-state index is -4.68. The summed E-state index contributed by atoms with van der Waals surface area (Å²) in [6, 6.07) is 10.7. The van der Waals surface area contributed by atoms with Crippen molar-refractivity contribution in [2.45, 2.75) is 70.6 Å². The summed E-state index contributed by atoms with van der Waals surface area (Å²) in [6.45, 7) is 6.15. The fourth-order valence-corrected chi connectivity index (χ4v) is 6.49. The number of nitrogen functional groups attached to an aromatic ring is 1. The van der Waals surface area contributed by atoms with Gasteiger partial charge in [0, 0.05) is 5.39 Å². The molecule has 0 aliphatic carbocycles. The van der Waals surface area contributed by atoms with Gasteiger partial charge in [0.15, 0.2) is 29.2 Å². The number of nitrogens with one attached hydrogen (secondary N) is 1. The van der Waals surface area contributed by atoms with E-state index in [1.54, 1.807) is 57.2 Å². The minimum absolute atomic E-state index is 0.0143. The van der Waals surface area contributed by atoms with Crippen LogP contribution in [0, 0.1) is 0 Å². The van der Waals surface area contributed by atoms with Crippen LogP contribution in [0.15, 0.2) is 48.8 Å². The summed E-state index contributed by atoms with van der Waals surface area (Å²) in [7, 11) is -4.68. The number of carbonyl (C=O) groups is 1. The lowest BCUT2D eigenvalue weighted by Crippen LogP contribution is -2.47. The highest BCUT2D eigenvalue weighted by Gasteiger charge is 2.65. The average molecular weight is 665 g/mol. The van der Waals surface area contributed by atoms with Crippen molar-refractivity contribution in [3.05, 3.63) is 48.8 Å². The summed E-state index contributed by atoms with van der Waals surface area (Å²) >= 11 is 0. The van der Waals surface area contributed by atoms with Crippen molar-refractivity contribution in [2.24, 2.45) is 0 Å². The molecule has 17 heteroatoms. The third-order valence-electron chi connectivity index (χ3n) is 7.13. The Bertz CT molecular complexity index is 1790. The molecule has 6 atom stereocenters. The quantitative estimate of drug-likeness (QED) is 0.143. The molecule has 1 aliphatic heterocycles. The number of nitrogens with two attached hydrogens (primary N) is 1. The molecule has 0 radical (unpaired) electrons. The smallest absolute Gasteiger partial charge is 0.459 e. The number of alkyl halides is 2. The Labute approximate surface area is 262 Å². The number of halogens is 2. The van der Waals surface area contributed by atoms with Gasteiger partial charge in [-0.2, -0.15) is 15.1 Å². The second kappa shape index (κ2) is 12.7. The van der Waals surface area contributed by atoms with Gasteiger partial charge in [0.25, 0.3) is 5.85 Å². The molecule has 1 saturated heterocycles. The van der Waals surface area contributed by atoms with Crippen molar-refractivity contribution in [3.63, 3.8) is 0 Å². The van der Waals surface area contributed by atoms with E-state index in [0.717, 1.165) is 23.2 Å². The van der Waals surface area contributed by atoms with Gasteiger partial charge < -0.3 is 29.6 Å². The summed E-state index contributed by atoms with van der Waals surface area (Å²) in [6.07, 6.45) is -3.70. The summed E-state index contributed by atoms with van der Waals surface area (Å²) in [5, 5.41) is 14.6. The minimum Gasteiger partial charge on any atom is -0.476 e. The van der Waals surface area contributed by atoms with E-state index in [9.17, 15) is 14.5 Å². The van der Waals surface area contributed by atoms with Gasteiger partial charge in [-0.15, -0.1) is 0 Å². The number of aliphatic hydroxyl groups excluding tert-OH is 1. The highest BCUT2D eigenvalue weighted by atomic mass is 31.2. The SMILES string of the molecule is CCOc1nc(N)nc2c1ncn2[C@@H]1O[C@](F)(COP(=O)(NC(C)C(=O)OC(C)C)Oc2cccc3ccccc23)C(O)[C@@]1(C)F. The topological polar surface area (TPSA) is 182 Å². The number of hydrogen-bond acceptors (Lipinski definition) is 12. The van der Waals surface area contributed by atoms with Gasteiger partial charge in [0.1, 0.15) is 18.4 Å². The zero-order chi connectivity index (χ0) is 33.4. The molecule has 0 saturated carbocycles. The Morgan fingerprint density at radius 3 is 2.63 bits per heavy atom. The van der Waals surface area contributed by atoms with Gasteiger partial charge in [0.05, 0.1) is 19.0 Å². The average Bonchev–Trinajstić information content (AvgIpc) is 3.48. The predicted molar refractivity (Wildman–Crippen MR) is 162 cm³/mol. The van der Waals surface area contributed by atoms with Crippen LogP contribution in [0.4, 0.5) is 14.7 Å². The molecule has 3 unspecified atom stereocenters. The molecule has 248 valence electrons. The number of ether oxygens (including phenoxy) is 3. The molecular formula is C29H35F2N6O8P. The molecule has 3 heterocycles. The molecule has 2 aromatic heterocycles. The third-order valence-corrected chi connectivity index (χ3v) is 8.74. The van der Waals surface area contributed by atoms with E-state index in [1.165, 1.54) is 13.0 Å². The van der Waals surface area contributed by atoms with E-state index in [4.69, 9.17) is 29.0 Å². The molecule has 5 rings (SSSR count). The van der Waals surface area contributed by atoms with Crippen LogP contribution in [-0.2, 0) is 23.4 Å². The Morgan fingerprint density at radius 2 is 1.91 bits per heavy atom. The predicted octanol–water partition coefficient (Wildman–Crippen LogP) is 4.38. The van der Waals surface area contributed by atoms with Crippen LogP contribution in [0.5, 0.6) is 11.6 Å². The lowest BCUT2D eigenvalue weighted by Gasteiger charge is -2.28. The van der Waals surface area contributed by atoms with Crippen molar-refractivity contribution >= 4 is 41.6 Å². The second-order valence-corrected chi connectivity index (χ2v) is 12.8. The van der Waals surface area contributed by atoms with Gasteiger partial charge in [-0.3, -0.25) is 13.9 Å². The highest BCUT2D eigenvalue weighted by Crippen LogP contribution is 2.52. The Balaban J connectivity index is 1.45. The van der Waals surface area contributed by atoms with Crippen molar-refractivity contribution in [2.75, 3.05) is 18.9 Å². The van der Waals surface area contributed by atoms with Crippen molar-refractivity contribution in [1.82, 2.24) is 24.6 Å². The molecule has 4 N–H and O–H groups in total. The molecule has 0 amide bonds. The maximum atomic E-state index is 16.5. The number of imidazole rings is 1. The number of rotatable bonds is 12. The van der Waals surface area contributed by atoms with E-state index in [1.807, 2.05) is 0 Å². The van der Waals surface area contributed by atoms with E-state index >= 15 is 8.78 Å². The molecule has 0 spiro atoms. The van der Waals surface area contributed by atoms with Crippen LogP contribution < -0.4 is 20.1 Å². The maximum Gasteiger partial charge on any atom is 0.459 e. The zero-order valence-corrected chi connectivity index (χ0v) is 26.6. The van der Waals surface area contributed by atoms with Crippen LogP contribution in [-0.4, -0.2) is 73.6 Å². The molecule has 2 aromatic carbocycles. The van der Waals surface area contributed by atoms with E-state index < -0.39 is 56.3 Å². The second-order valence-electron chi connectivity index (χ2n) is 11.1. The molecule has 14 nitrogen and oxygen atoms in total. The number of benzene rings is 2. The molecular weight excluding hydrogens is 629 g/mol. The molecule has 4 aromatic rings. The van der Waals surface area contributed by atoms with Crippen molar-refractivity contribution in [3.8, 4) is 11.6 Å². The van der Waals surface area contributed by atoms with Crippen LogP contribution >= 0.6 is 7.75 Å². The first-order valence-corrected chi connectivity index (χ1v) is 16.0. The summed E-state index contributed by atoms with van der Waals surface area (Å²) < 4.78 is 75.2. The molecule has 46 heavy (non-hydrogen) atoms. The van der Waals surface area contributed by atoms with E-state index in [0.29, 0.717) is 5.39 Å². The van der Waals surface area contributed by atoms with Crippen LogP contribution in [0.1, 0.15) is 40.8 Å². The number of fused-ring (bicyclic) bond motifs is 2. The Morgan fingerprint density at radius 1 is 1.20 bits per heavy atom. The first-order chi connectivity index (χ1) is 21.7. The van der Waals surface area contributed by atoms with E-state index in [2.05, 4.69) is 20.0 Å². The molecule has 1 fully saturated rings. The van der Waals surface area contributed by atoms with Gasteiger partial charge in [-0.25, -0.2) is 18.3 Å². The number of aliphatic hydroxyl groups is 1. The zero-order valence-electron chi connectivity index (χ0n) is 25.7. The van der Waals surface area contributed by atoms with E-state index in [-0.39, 0.29) is 35.3 Å². The van der Waals surface area contributed by atoms with Crippen molar-refractivity contribution in [1.29, 1.82) is 0 Å². The fourth-order valence-electron chi connectivity index (χ4n) is 4.97. The number of carbonyl (C=O) groups excluding carboxylic acids is 1. The summed E-state index contributed by atoms with van der Waals surface area (Å²) in [5.74, 6) is -4.20. The lowest BCUT2D eigenvalue weighted by atomic mass is 9.97. The van der Waals surface area contributed by atoms with Gasteiger partial charge >= 0.3 is 13.7 Å². The fraction of sp³-hybridized carbons (Fsp3) is 0.448. The monoisotopic (exact) mass is 664 g/mol. The first kappa shape index (κ1) is 33.4. The van der Waals surface area contributed by atoms with Gasteiger partial charge in [-0.1, -0.05) is 36.4 Å². The van der Waals surface area contributed by atoms with Crippen LogP contribution in [0.25, 0.3) is 21.9 Å². The largest absolute Gasteiger partial charge is 0.476 e. The first-order valence-electron chi connectivity index (χ1n) is 14.4. The normalized spacial score (nSPS) is 25.1. The number of anilines is 1. The third kappa shape index (κ3) is 6.48. The van der Waals surface area contributed by atoms with Gasteiger partial charge in [-0.05, 0) is 46.1 Å². The molecule has 1 aliphatic rings.